The molecule has 2 amide bonds. The van der Waals surface area contributed by atoms with Gasteiger partial charge in [-0.05, 0) is 22.3 Å². The van der Waals surface area contributed by atoms with E-state index in [1.807, 2.05) is 91.0 Å². The normalized spacial score (nSPS) is 18.1. The van der Waals surface area contributed by atoms with Crippen LogP contribution in [0.4, 0.5) is 0 Å². The molecule has 2 aliphatic heterocycles. The highest BCUT2D eigenvalue weighted by Gasteiger charge is 2.54. The van der Waals surface area contributed by atoms with Gasteiger partial charge in [0.25, 0.3) is 5.91 Å². The lowest BCUT2D eigenvalue weighted by Gasteiger charge is -2.50. The number of aromatic nitrogens is 1. The van der Waals surface area contributed by atoms with Crippen LogP contribution in [0.1, 0.15) is 27.7 Å². The Morgan fingerprint density at radius 1 is 0.951 bits per heavy atom. The number of thioether (sulfide) groups is 1. The number of hydrogen-bond acceptors (Lipinski definition) is 7. The van der Waals surface area contributed by atoms with E-state index in [4.69, 9.17) is 4.74 Å². The number of esters is 1. The van der Waals surface area contributed by atoms with E-state index in [-0.39, 0.29) is 29.3 Å². The molecule has 1 saturated heterocycles. The van der Waals surface area contributed by atoms with Crippen LogP contribution < -0.4 is 5.32 Å². The summed E-state index contributed by atoms with van der Waals surface area (Å²) in [5, 5.41) is 2.51. The zero-order valence-electron chi connectivity index (χ0n) is 22.0. The third kappa shape index (κ3) is 5.82. The zero-order valence-corrected chi connectivity index (χ0v) is 23.6. The van der Waals surface area contributed by atoms with E-state index >= 15 is 0 Å². The van der Waals surface area contributed by atoms with Crippen LogP contribution in [0.2, 0.25) is 0 Å². The first-order chi connectivity index (χ1) is 20.1. The van der Waals surface area contributed by atoms with Gasteiger partial charge in [0.15, 0.2) is 6.10 Å². The van der Waals surface area contributed by atoms with E-state index in [1.54, 1.807) is 23.5 Å². The lowest BCUT2D eigenvalue weighted by molar-refractivity contribution is -0.154. The molecular weight excluding hydrogens is 555 g/mol. The summed E-state index contributed by atoms with van der Waals surface area (Å²) in [6, 6.07) is 27.8. The Hall–Kier alpha value is -4.21. The Morgan fingerprint density at radius 3 is 2.20 bits per heavy atom. The lowest BCUT2D eigenvalue weighted by atomic mass is 9.99. The van der Waals surface area contributed by atoms with Crippen molar-refractivity contribution < 1.29 is 19.1 Å². The average Bonchev–Trinajstić information content (AvgIpc) is 3.53. The summed E-state index contributed by atoms with van der Waals surface area (Å²) < 4.78 is 6.21. The Balaban J connectivity index is 1.27. The summed E-state index contributed by atoms with van der Waals surface area (Å²) >= 11 is 3.05. The Kier molecular flexibility index (Phi) is 7.98. The van der Waals surface area contributed by atoms with E-state index in [0.29, 0.717) is 12.2 Å². The molecule has 0 bridgehead atoms. The average molecular weight is 582 g/mol. The van der Waals surface area contributed by atoms with E-state index < -0.39 is 18.1 Å². The van der Waals surface area contributed by atoms with Gasteiger partial charge in [-0.2, -0.15) is 0 Å². The Bertz CT molecular complexity index is 1520. The number of rotatable bonds is 9. The molecule has 2 atom stereocenters. The second-order valence-corrected chi connectivity index (χ2v) is 11.9. The number of β-lactam (4-membered cyclic amide) rings is 1. The number of nitrogens with zero attached hydrogens (tertiary/aromatic N) is 2. The minimum absolute atomic E-state index is 0.180. The molecular formula is C32H27N3O4S2. The smallest absolute Gasteiger partial charge is 0.356 e. The summed E-state index contributed by atoms with van der Waals surface area (Å²) in [6.07, 6.45) is 1.80. The minimum Gasteiger partial charge on any atom is -0.448 e. The first-order valence-corrected chi connectivity index (χ1v) is 15.2. The van der Waals surface area contributed by atoms with Crippen molar-refractivity contribution in [3.8, 4) is 0 Å². The molecule has 7 nitrogen and oxygen atoms in total. The van der Waals surface area contributed by atoms with E-state index in [2.05, 4.69) is 10.3 Å². The minimum atomic E-state index is -0.706. The number of carbonyl (C=O) groups excluding carboxylic acids is 3. The van der Waals surface area contributed by atoms with Crippen molar-refractivity contribution in [1.29, 1.82) is 0 Å². The maximum atomic E-state index is 14.0. The molecule has 9 heteroatoms. The standard InChI is InChI=1S/C32H27N3O4S2/c36-26(16-21-10-4-1-5-11-21)34-27-30(37)35-28(24(19-40-31(27)35)17-25-18-33-20-41-25)32(38)39-29(22-12-6-2-7-13-22)23-14-8-3-9-15-23/h1-15,18,20,27,29,31H,16-17,19H2,(H,34,36). The van der Waals surface area contributed by atoms with Crippen LogP contribution in [-0.2, 0) is 32.0 Å². The number of amides is 2. The van der Waals surface area contributed by atoms with Crippen molar-refractivity contribution in [2.24, 2.45) is 0 Å². The molecule has 1 N–H and O–H groups in total. The molecule has 0 aliphatic carbocycles. The van der Waals surface area contributed by atoms with Crippen LogP contribution in [0.15, 0.2) is 114 Å². The van der Waals surface area contributed by atoms with Crippen molar-refractivity contribution in [2.75, 3.05) is 5.75 Å². The number of ether oxygens (including phenoxy) is 1. The maximum Gasteiger partial charge on any atom is 0.356 e. The molecule has 1 fully saturated rings. The van der Waals surface area contributed by atoms with Crippen molar-refractivity contribution in [2.45, 2.75) is 30.4 Å². The highest BCUT2D eigenvalue weighted by atomic mass is 32.2. The fourth-order valence-electron chi connectivity index (χ4n) is 5.10. The fourth-order valence-corrected chi connectivity index (χ4v) is 7.08. The molecule has 3 aromatic carbocycles. The summed E-state index contributed by atoms with van der Waals surface area (Å²) in [6.45, 7) is 0. The summed E-state index contributed by atoms with van der Waals surface area (Å²) in [7, 11) is 0. The summed E-state index contributed by atoms with van der Waals surface area (Å²) in [5.74, 6) is -0.571. The van der Waals surface area contributed by atoms with Gasteiger partial charge in [0.1, 0.15) is 17.1 Å². The predicted molar refractivity (Wildman–Crippen MR) is 159 cm³/mol. The molecule has 2 unspecified atom stereocenters. The van der Waals surface area contributed by atoms with Crippen molar-refractivity contribution in [3.05, 3.63) is 136 Å². The number of carbonyl (C=O) groups is 3. The summed E-state index contributed by atoms with van der Waals surface area (Å²) in [4.78, 5) is 47.0. The number of benzene rings is 3. The molecule has 3 heterocycles. The largest absolute Gasteiger partial charge is 0.448 e. The predicted octanol–water partition coefficient (Wildman–Crippen LogP) is 4.92. The molecule has 6 rings (SSSR count). The van der Waals surface area contributed by atoms with Gasteiger partial charge in [-0.15, -0.1) is 23.1 Å². The number of thiazole rings is 1. The third-order valence-electron chi connectivity index (χ3n) is 7.07. The van der Waals surface area contributed by atoms with Crippen LogP contribution in [-0.4, -0.2) is 44.8 Å². The van der Waals surface area contributed by atoms with Gasteiger partial charge in [0.05, 0.1) is 11.9 Å². The number of fused-ring (bicyclic) bond motifs is 1. The monoisotopic (exact) mass is 581 g/mol. The van der Waals surface area contributed by atoms with Gasteiger partial charge in [-0.3, -0.25) is 19.5 Å². The molecule has 2 aliphatic rings. The molecule has 41 heavy (non-hydrogen) atoms. The van der Waals surface area contributed by atoms with Gasteiger partial charge in [0, 0.05) is 23.2 Å². The highest BCUT2D eigenvalue weighted by molar-refractivity contribution is 8.00. The molecule has 0 saturated carbocycles. The van der Waals surface area contributed by atoms with Gasteiger partial charge >= 0.3 is 5.97 Å². The van der Waals surface area contributed by atoms with Crippen LogP contribution in [0.25, 0.3) is 0 Å². The van der Waals surface area contributed by atoms with Crippen LogP contribution >= 0.6 is 23.1 Å². The SMILES string of the molecule is O=C(Cc1ccccc1)NC1C(=O)N2C(C(=O)OC(c3ccccc3)c3ccccc3)=C(Cc3cncs3)CSC12. The molecule has 0 radical (unpaired) electrons. The van der Waals surface area contributed by atoms with Crippen molar-refractivity contribution in [1.82, 2.24) is 15.2 Å². The lowest BCUT2D eigenvalue weighted by Crippen LogP contribution is -2.70. The van der Waals surface area contributed by atoms with Crippen molar-refractivity contribution >= 4 is 40.9 Å². The number of nitrogens with one attached hydrogen (secondary N) is 1. The summed E-state index contributed by atoms with van der Waals surface area (Å²) in [5.41, 5.74) is 5.36. The Labute approximate surface area is 246 Å². The topological polar surface area (TPSA) is 88.6 Å². The van der Waals surface area contributed by atoms with Gasteiger partial charge in [-0.25, -0.2) is 4.79 Å². The molecule has 0 spiro atoms. The molecule has 4 aromatic rings. The maximum absolute atomic E-state index is 14.0. The quantitative estimate of drug-likeness (QED) is 0.223. The fraction of sp³-hybridized carbons (Fsp3) is 0.188. The second-order valence-electron chi connectivity index (χ2n) is 9.82. The van der Waals surface area contributed by atoms with Crippen LogP contribution in [0.5, 0.6) is 0 Å². The van der Waals surface area contributed by atoms with Crippen molar-refractivity contribution in [3.63, 3.8) is 0 Å². The molecule has 1 aromatic heterocycles. The first-order valence-electron chi connectivity index (χ1n) is 13.3. The van der Waals surface area contributed by atoms with Crippen LogP contribution in [0, 0.1) is 0 Å². The third-order valence-corrected chi connectivity index (χ3v) is 9.18. The van der Waals surface area contributed by atoms with Crippen LogP contribution in [0.3, 0.4) is 0 Å². The number of hydrogen-bond donors (Lipinski definition) is 1. The van der Waals surface area contributed by atoms with Gasteiger partial charge in [0.2, 0.25) is 5.91 Å². The first kappa shape index (κ1) is 27.0. The zero-order chi connectivity index (χ0) is 28.2. The van der Waals surface area contributed by atoms with E-state index in [0.717, 1.165) is 27.1 Å². The van der Waals surface area contributed by atoms with Gasteiger partial charge < -0.3 is 10.1 Å². The van der Waals surface area contributed by atoms with E-state index in [9.17, 15) is 14.4 Å². The van der Waals surface area contributed by atoms with E-state index in [1.165, 1.54) is 16.2 Å². The van der Waals surface area contributed by atoms with Gasteiger partial charge in [-0.1, -0.05) is 91.0 Å². The Morgan fingerprint density at radius 2 is 1.59 bits per heavy atom. The highest BCUT2D eigenvalue weighted by Crippen LogP contribution is 2.42. The molecule has 206 valence electrons. The second kappa shape index (κ2) is 12.1.